The first-order valence-electron chi connectivity index (χ1n) is 16.7. The van der Waals surface area contributed by atoms with Crippen molar-refractivity contribution in [1.82, 2.24) is 19.5 Å². The highest BCUT2D eigenvalue weighted by Crippen LogP contribution is 2.41. The van der Waals surface area contributed by atoms with Gasteiger partial charge in [0.1, 0.15) is 12.2 Å². The molecule has 1 saturated heterocycles. The van der Waals surface area contributed by atoms with Crippen LogP contribution in [0.25, 0.3) is 11.2 Å². The maximum absolute atomic E-state index is 13.9. The second kappa shape index (κ2) is 14.6. The van der Waals surface area contributed by atoms with Crippen LogP contribution < -0.4 is 10.9 Å². The molecule has 1 fully saturated rings. The minimum atomic E-state index is -4.59. The summed E-state index contributed by atoms with van der Waals surface area (Å²) in [5.41, 5.74) is 0.666. The van der Waals surface area contributed by atoms with Gasteiger partial charge in [0, 0.05) is 5.92 Å². The normalized spacial score (nSPS) is 20.1. The third-order valence-electron chi connectivity index (χ3n) is 9.27. The van der Waals surface area contributed by atoms with Gasteiger partial charge in [0.15, 0.2) is 31.8 Å². The number of benzene rings is 2. The zero-order valence-corrected chi connectivity index (χ0v) is 33.2. The van der Waals surface area contributed by atoms with Gasteiger partial charge in [0.25, 0.3) is 25.8 Å². The third-order valence-corrected chi connectivity index (χ3v) is 16.4. The maximum Gasteiger partial charge on any atom is 0.297 e. The number of nitrogens with zero attached hydrogens (tertiary/aromatic N) is 3. The van der Waals surface area contributed by atoms with Crippen LogP contribution in [0.5, 0.6) is 0 Å². The number of rotatable bonds is 12. The molecule has 1 amide bonds. The van der Waals surface area contributed by atoms with Gasteiger partial charge in [-0.2, -0.15) is 21.8 Å². The molecule has 0 unspecified atom stereocenters. The molecular formula is C34H45N5O10S2Si. The van der Waals surface area contributed by atoms with E-state index in [-0.39, 0.29) is 38.5 Å². The van der Waals surface area contributed by atoms with Crippen molar-refractivity contribution in [2.75, 3.05) is 11.9 Å². The molecule has 0 radical (unpaired) electrons. The van der Waals surface area contributed by atoms with Crippen molar-refractivity contribution in [3.05, 3.63) is 76.3 Å². The van der Waals surface area contributed by atoms with Crippen LogP contribution in [0.15, 0.2) is 69.4 Å². The lowest BCUT2D eigenvalue weighted by molar-refractivity contribution is -0.118. The summed E-state index contributed by atoms with van der Waals surface area (Å²) in [5.74, 6) is -1.05. The molecule has 2 aromatic carbocycles. The van der Waals surface area contributed by atoms with Gasteiger partial charge in [-0.3, -0.25) is 32.8 Å². The number of aromatic nitrogens is 4. The number of fused-ring (bicyclic) bond motifs is 1. The van der Waals surface area contributed by atoms with Crippen LogP contribution in [0.1, 0.15) is 52.0 Å². The van der Waals surface area contributed by atoms with Crippen LogP contribution in [-0.4, -0.2) is 75.5 Å². The van der Waals surface area contributed by atoms with Crippen molar-refractivity contribution >= 4 is 51.6 Å². The van der Waals surface area contributed by atoms with E-state index < -0.39 is 70.5 Å². The fraction of sp³-hybridized carbons (Fsp3) is 0.471. The number of aryl methyl sites for hydroxylation is 2. The highest BCUT2D eigenvalue weighted by molar-refractivity contribution is 7.87. The minimum absolute atomic E-state index is 0.0970. The smallest absolute Gasteiger partial charge is 0.297 e. The lowest BCUT2D eigenvalue weighted by atomic mass is 10.1. The van der Waals surface area contributed by atoms with E-state index >= 15 is 0 Å². The van der Waals surface area contributed by atoms with Gasteiger partial charge in [-0.1, -0.05) is 70.0 Å². The highest BCUT2D eigenvalue weighted by Gasteiger charge is 2.53. The number of H-pyrrole nitrogens is 1. The van der Waals surface area contributed by atoms with Crippen molar-refractivity contribution in [1.29, 1.82) is 0 Å². The van der Waals surface area contributed by atoms with Gasteiger partial charge in [0.2, 0.25) is 11.9 Å². The zero-order chi connectivity index (χ0) is 38.4. The Morgan fingerprint density at radius 3 is 1.96 bits per heavy atom. The summed E-state index contributed by atoms with van der Waals surface area (Å²) < 4.78 is 81.4. The number of anilines is 1. The molecule has 2 N–H and O–H groups in total. The fourth-order valence-corrected chi connectivity index (χ4v) is 8.24. The van der Waals surface area contributed by atoms with Gasteiger partial charge in [0.05, 0.1) is 22.7 Å². The Labute approximate surface area is 304 Å². The number of carbonyl (C=O) groups excluding carboxylic acids is 1. The van der Waals surface area contributed by atoms with E-state index in [4.69, 9.17) is 17.5 Å². The average Bonchev–Trinajstić information content (AvgIpc) is 3.60. The van der Waals surface area contributed by atoms with E-state index in [0.29, 0.717) is 0 Å². The lowest BCUT2D eigenvalue weighted by Crippen LogP contribution is -2.46. The number of carbonyl (C=O) groups is 1. The molecule has 52 heavy (non-hydrogen) atoms. The predicted molar refractivity (Wildman–Crippen MR) is 195 cm³/mol. The Hall–Kier alpha value is -3.78. The monoisotopic (exact) mass is 775 g/mol. The van der Waals surface area contributed by atoms with Crippen LogP contribution in [-0.2, 0) is 42.6 Å². The van der Waals surface area contributed by atoms with Gasteiger partial charge < -0.3 is 9.16 Å². The number of imidazole rings is 1. The molecule has 2 aromatic heterocycles. The van der Waals surface area contributed by atoms with E-state index in [1.807, 2.05) is 33.9 Å². The highest BCUT2D eigenvalue weighted by atomic mass is 32.2. The first kappa shape index (κ1) is 39.4. The molecule has 3 heterocycles. The minimum Gasteiger partial charge on any atom is -0.414 e. The van der Waals surface area contributed by atoms with Crippen LogP contribution >= 0.6 is 0 Å². The van der Waals surface area contributed by atoms with E-state index in [0.717, 1.165) is 11.1 Å². The van der Waals surface area contributed by atoms with Gasteiger partial charge >= 0.3 is 0 Å². The quantitative estimate of drug-likeness (QED) is 0.148. The number of ether oxygens (including phenoxy) is 1. The maximum atomic E-state index is 13.9. The predicted octanol–water partition coefficient (Wildman–Crippen LogP) is 4.80. The van der Waals surface area contributed by atoms with Crippen molar-refractivity contribution < 1.29 is 39.2 Å². The molecule has 4 aromatic rings. The summed E-state index contributed by atoms with van der Waals surface area (Å²) in [7, 11) is -11.6. The van der Waals surface area contributed by atoms with Crippen molar-refractivity contribution in [3.8, 4) is 0 Å². The number of aromatic amines is 1. The first-order chi connectivity index (χ1) is 24.1. The molecule has 0 spiro atoms. The van der Waals surface area contributed by atoms with Crippen LogP contribution in [0.2, 0.25) is 18.1 Å². The van der Waals surface area contributed by atoms with Gasteiger partial charge in [-0.25, -0.2) is 4.98 Å². The second-order valence-electron chi connectivity index (χ2n) is 14.7. The molecule has 4 atom stereocenters. The third kappa shape index (κ3) is 8.38. The molecule has 18 heteroatoms. The molecular weight excluding hydrogens is 731 g/mol. The SMILES string of the molecule is Cc1ccc(S(=O)(=O)O[C@@H]2[C@H](OS(=O)(=O)c3ccc(C)cc3)[C@@H](CO[Si](C)(C)C(C)(C)C)O[C@H]2n2cnc3c(=O)[nH]c(NC(=O)C(C)C)nc32)cc1. The van der Waals surface area contributed by atoms with Crippen molar-refractivity contribution in [3.63, 3.8) is 0 Å². The van der Waals surface area contributed by atoms with E-state index in [1.54, 1.807) is 52.0 Å². The number of nitrogens with one attached hydrogen (secondary N) is 2. The Morgan fingerprint density at radius 1 is 0.942 bits per heavy atom. The summed E-state index contributed by atoms with van der Waals surface area (Å²) in [6, 6.07) is 11.9. The molecule has 1 aliphatic heterocycles. The Kier molecular flexibility index (Phi) is 11.0. The summed E-state index contributed by atoms with van der Waals surface area (Å²) in [4.78, 5) is 36.3. The molecule has 1 aliphatic rings. The first-order valence-corrected chi connectivity index (χ1v) is 22.4. The van der Waals surface area contributed by atoms with E-state index in [2.05, 4.69) is 20.3 Å². The lowest BCUT2D eigenvalue weighted by Gasteiger charge is -2.37. The summed E-state index contributed by atoms with van der Waals surface area (Å²) in [6.45, 7) is 16.8. The number of amides is 1. The molecule has 0 saturated carbocycles. The Bertz CT molecular complexity index is 2210. The summed E-state index contributed by atoms with van der Waals surface area (Å²) in [6.07, 6.45) is -4.77. The van der Waals surface area contributed by atoms with Crippen molar-refractivity contribution in [2.24, 2.45) is 5.92 Å². The summed E-state index contributed by atoms with van der Waals surface area (Å²) >= 11 is 0. The molecule has 15 nitrogen and oxygen atoms in total. The van der Waals surface area contributed by atoms with Crippen LogP contribution in [0.4, 0.5) is 5.95 Å². The fourth-order valence-electron chi connectivity index (χ4n) is 5.04. The largest absolute Gasteiger partial charge is 0.414 e. The number of hydrogen-bond acceptors (Lipinski definition) is 12. The molecule has 5 rings (SSSR count). The summed E-state index contributed by atoms with van der Waals surface area (Å²) in [5, 5.41) is 2.30. The molecule has 282 valence electrons. The zero-order valence-electron chi connectivity index (χ0n) is 30.5. The number of hydrogen-bond donors (Lipinski definition) is 2. The van der Waals surface area contributed by atoms with E-state index in [1.165, 1.54) is 35.2 Å². The van der Waals surface area contributed by atoms with Crippen LogP contribution in [0, 0.1) is 19.8 Å². The standard InChI is InChI=1S/C34H45N5O10S2Si/c1-20(2)30(40)37-33-36-29-26(31(41)38-33)35-19-39(29)32-28(49-51(44,45)24-16-12-22(4)13-17-24)27(25(47-32)18-46-52(8,9)34(5,6)7)48-50(42,43)23-14-10-21(3)11-15-23/h10-17,19-20,25,27-28,32H,18H2,1-9H3,(H2,36,37,38,40,41)/t25-,27-,28-,32-/m1/s1. The molecule has 0 bridgehead atoms. The van der Waals surface area contributed by atoms with Crippen LogP contribution in [0.3, 0.4) is 0 Å². The van der Waals surface area contributed by atoms with Crippen molar-refractivity contribution in [2.45, 2.75) is 101 Å². The average molecular weight is 776 g/mol. The van der Waals surface area contributed by atoms with Gasteiger partial charge in [-0.15, -0.1) is 0 Å². The van der Waals surface area contributed by atoms with Gasteiger partial charge in [-0.05, 0) is 56.2 Å². The second-order valence-corrected chi connectivity index (χ2v) is 22.6. The topological polar surface area (TPSA) is 198 Å². The Balaban J connectivity index is 1.67. The molecule has 0 aliphatic carbocycles. The Morgan fingerprint density at radius 2 is 1.46 bits per heavy atom. The van der Waals surface area contributed by atoms with E-state index in [9.17, 15) is 26.4 Å².